The third-order valence-corrected chi connectivity index (χ3v) is 8.76. The Labute approximate surface area is 171 Å². The van der Waals surface area contributed by atoms with Gasteiger partial charge in [-0.2, -0.15) is 13.2 Å². The molecule has 0 unspecified atom stereocenters. The van der Waals surface area contributed by atoms with Crippen molar-refractivity contribution < 1.29 is 21.8 Å². The number of quaternary nitrogens is 1. The average molecular weight is 421 g/mol. The topological polar surface area (TPSA) is 60.4 Å². The van der Waals surface area contributed by atoms with Crippen LogP contribution in [0.15, 0.2) is 64.4 Å². The molecule has 2 aromatic rings. The van der Waals surface area contributed by atoms with E-state index in [-0.39, 0.29) is 23.3 Å². The van der Waals surface area contributed by atoms with Crippen LogP contribution in [0.4, 0.5) is 4.79 Å². The van der Waals surface area contributed by atoms with Crippen LogP contribution in [0.3, 0.4) is 0 Å². The molecule has 5 nitrogen and oxygen atoms in total. The van der Waals surface area contributed by atoms with E-state index >= 15 is 0 Å². The molecule has 3 rings (SSSR count). The summed E-state index contributed by atoms with van der Waals surface area (Å²) in [6.45, 7) is 5.76. The number of aryl methyl sites for hydroxylation is 1. The zero-order chi connectivity index (χ0) is 20.4. The summed E-state index contributed by atoms with van der Waals surface area (Å²) in [7, 11) is -3.96. The third-order valence-electron chi connectivity index (χ3n) is 5.16. The molecule has 0 bridgehead atoms. The summed E-state index contributed by atoms with van der Waals surface area (Å²) >= 11 is 1.62. The SMILES string of the molecule is CCOC(=O)[N@+]1(S(=O)(=O)c2ccc(C)cc2)C[C@H](Sc2ccccc2)C[C@H]1C. The quantitative estimate of drug-likeness (QED) is 0.661. The van der Waals surface area contributed by atoms with Crippen molar-refractivity contribution in [2.45, 2.75) is 48.3 Å². The van der Waals surface area contributed by atoms with Gasteiger partial charge >= 0.3 is 16.1 Å². The third kappa shape index (κ3) is 3.71. The summed E-state index contributed by atoms with van der Waals surface area (Å²) in [6.07, 6.45) is -0.0737. The smallest absolute Gasteiger partial charge is 0.419 e. The first-order chi connectivity index (χ1) is 13.3. The number of likely N-dealkylation sites (tertiary alicyclic amines) is 1. The lowest BCUT2D eigenvalue weighted by Gasteiger charge is -2.32. The van der Waals surface area contributed by atoms with E-state index in [1.54, 1.807) is 43.0 Å². The summed E-state index contributed by atoms with van der Waals surface area (Å²) in [4.78, 5) is 14.2. The fourth-order valence-corrected chi connectivity index (χ4v) is 7.22. The highest BCUT2D eigenvalue weighted by Gasteiger charge is 2.61. The van der Waals surface area contributed by atoms with Gasteiger partial charge in [-0.05, 0) is 45.0 Å². The van der Waals surface area contributed by atoms with E-state index in [9.17, 15) is 13.2 Å². The first kappa shape index (κ1) is 20.9. The molecule has 1 aliphatic heterocycles. The Bertz CT molecular complexity index is 929. The van der Waals surface area contributed by atoms with Gasteiger partial charge in [0.1, 0.15) is 17.5 Å². The minimum Gasteiger partial charge on any atom is -0.419 e. The zero-order valence-electron chi connectivity index (χ0n) is 16.4. The lowest BCUT2D eigenvalue weighted by Crippen LogP contribution is -2.59. The van der Waals surface area contributed by atoms with E-state index in [1.165, 1.54) is 0 Å². The van der Waals surface area contributed by atoms with Gasteiger partial charge in [-0.15, -0.1) is 15.7 Å². The largest absolute Gasteiger partial charge is 0.532 e. The number of hydrogen-bond donors (Lipinski definition) is 0. The molecular weight excluding hydrogens is 394 g/mol. The molecule has 0 radical (unpaired) electrons. The van der Waals surface area contributed by atoms with Gasteiger partial charge in [-0.1, -0.05) is 35.9 Å². The number of carbonyl (C=O) groups excluding carboxylic acids is 1. The number of ether oxygens (including phenoxy) is 1. The number of benzene rings is 2. The molecule has 1 saturated heterocycles. The molecule has 0 aliphatic carbocycles. The van der Waals surface area contributed by atoms with E-state index in [0.717, 1.165) is 10.5 Å². The molecule has 0 saturated carbocycles. The van der Waals surface area contributed by atoms with Crippen molar-refractivity contribution >= 4 is 27.9 Å². The van der Waals surface area contributed by atoms with Crippen LogP contribution in [0, 0.1) is 6.92 Å². The van der Waals surface area contributed by atoms with Crippen LogP contribution >= 0.6 is 11.8 Å². The van der Waals surface area contributed by atoms with Gasteiger partial charge in [0.2, 0.25) is 0 Å². The molecule has 7 heteroatoms. The summed E-state index contributed by atoms with van der Waals surface area (Å²) in [5, 5.41) is 0.00188. The van der Waals surface area contributed by atoms with Crippen molar-refractivity contribution in [3.63, 3.8) is 0 Å². The first-order valence-electron chi connectivity index (χ1n) is 9.40. The Hall–Kier alpha value is -1.83. The molecule has 1 amide bonds. The van der Waals surface area contributed by atoms with Crippen LogP contribution in [0.1, 0.15) is 25.8 Å². The number of rotatable bonds is 5. The Morgan fingerprint density at radius 1 is 1.14 bits per heavy atom. The lowest BCUT2D eigenvalue weighted by atomic mass is 10.2. The molecule has 28 heavy (non-hydrogen) atoms. The van der Waals surface area contributed by atoms with Gasteiger partial charge < -0.3 is 4.74 Å². The Balaban J connectivity index is 2.01. The normalized spacial score (nSPS) is 24.8. The molecule has 150 valence electrons. The molecular formula is C21H26NO4S2+. The van der Waals surface area contributed by atoms with Gasteiger partial charge in [-0.3, -0.25) is 0 Å². The Morgan fingerprint density at radius 3 is 2.39 bits per heavy atom. The second-order valence-electron chi connectivity index (χ2n) is 7.10. The van der Waals surface area contributed by atoms with Gasteiger partial charge in [0.15, 0.2) is 0 Å². The highest BCUT2D eigenvalue weighted by Crippen LogP contribution is 2.42. The highest BCUT2D eigenvalue weighted by atomic mass is 32.2. The minimum atomic E-state index is -3.96. The number of amides is 1. The van der Waals surface area contributed by atoms with Crippen molar-refractivity contribution in [2.75, 3.05) is 13.2 Å². The molecule has 1 fully saturated rings. The predicted octanol–water partition coefficient (Wildman–Crippen LogP) is 4.61. The number of sulfonamides is 1. The van der Waals surface area contributed by atoms with Crippen molar-refractivity contribution in [2.24, 2.45) is 0 Å². The van der Waals surface area contributed by atoms with E-state index in [2.05, 4.69) is 0 Å². The lowest BCUT2D eigenvalue weighted by molar-refractivity contribution is -0.742. The maximum Gasteiger partial charge on any atom is 0.532 e. The van der Waals surface area contributed by atoms with E-state index in [4.69, 9.17) is 4.74 Å². The van der Waals surface area contributed by atoms with E-state index < -0.39 is 26.0 Å². The van der Waals surface area contributed by atoms with Gasteiger partial charge in [0.05, 0.1) is 11.9 Å². The standard InChI is InChI=1S/C21H26NO4S2/c1-4-26-21(23)22(28(24,25)20-12-10-16(2)11-13-20)15-19(14-17(22)3)27-18-8-6-5-7-9-18/h5-13,17,19H,4,14-15H2,1-3H3/q+1/t17-,19-,22+/m1/s1. The monoisotopic (exact) mass is 420 g/mol. The number of carbonyl (C=O) groups is 1. The highest BCUT2D eigenvalue weighted by molar-refractivity contribution is 8.00. The van der Waals surface area contributed by atoms with Gasteiger partial charge in [0, 0.05) is 11.3 Å². The summed E-state index contributed by atoms with van der Waals surface area (Å²) in [5.74, 6) is 0. The molecule has 1 aliphatic rings. The van der Waals surface area contributed by atoms with Crippen molar-refractivity contribution in [3.8, 4) is 0 Å². The minimum absolute atomic E-state index is 0.00188. The fraction of sp³-hybridized carbons (Fsp3) is 0.381. The number of thioether (sulfide) groups is 1. The molecule has 3 atom stereocenters. The van der Waals surface area contributed by atoms with Gasteiger partial charge in [-0.25, -0.2) is 0 Å². The molecule has 0 spiro atoms. The molecule has 1 heterocycles. The molecule has 0 aromatic heterocycles. The summed E-state index contributed by atoms with van der Waals surface area (Å²) in [6, 6.07) is 16.1. The van der Waals surface area contributed by atoms with Gasteiger partial charge in [0.25, 0.3) is 0 Å². The van der Waals surface area contributed by atoms with Crippen LogP contribution in [0.5, 0.6) is 0 Å². The van der Waals surface area contributed by atoms with Crippen molar-refractivity contribution in [3.05, 3.63) is 60.2 Å². The Morgan fingerprint density at radius 2 is 1.79 bits per heavy atom. The Kier molecular flexibility index (Phi) is 6.17. The van der Waals surface area contributed by atoms with Crippen LogP contribution < -0.4 is 0 Å². The summed E-state index contributed by atoms with van der Waals surface area (Å²) < 4.78 is 31.9. The zero-order valence-corrected chi connectivity index (χ0v) is 18.0. The van der Waals surface area contributed by atoms with Crippen LogP contribution in [0.25, 0.3) is 0 Å². The van der Waals surface area contributed by atoms with Crippen LogP contribution in [-0.4, -0.2) is 42.8 Å². The second kappa shape index (κ2) is 8.27. The second-order valence-corrected chi connectivity index (χ2v) is 10.5. The van der Waals surface area contributed by atoms with E-state index in [0.29, 0.717) is 6.42 Å². The first-order valence-corrected chi connectivity index (χ1v) is 11.7. The predicted molar refractivity (Wildman–Crippen MR) is 111 cm³/mol. The molecule has 0 N–H and O–H groups in total. The molecule has 2 aromatic carbocycles. The van der Waals surface area contributed by atoms with Crippen LogP contribution in [0.2, 0.25) is 0 Å². The van der Waals surface area contributed by atoms with Crippen molar-refractivity contribution in [1.29, 1.82) is 0 Å². The fourth-order valence-electron chi connectivity index (χ4n) is 3.70. The number of nitrogens with zero attached hydrogens (tertiary/aromatic N) is 1. The maximum absolute atomic E-state index is 13.7. The van der Waals surface area contributed by atoms with Crippen LogP contribution in [-0.2, 0) is 14.8 Å². The average Bonchev–Trinajstić information content (AvgIpc) is 3.00. The van der Waals surface area contributed by atoms with E-state index in [1.807, 2.05) is 44.2 Å². The number of hydrogen-bond acceptors (Lipinski definition) is 5. The van der Waals surface area contributed by atoms with Crippen molar-refractivity contribution in [1.82, 2.24) is 0 Å². The summed E-state index contributed by atoms with van der Waals surface area (Å²) in [5.41, 5.74) is 0.966. The maximum atomic E-state index is 13.7.